The lowest BCUT2D eigenvalue weighted by Gasteiger charge is -2.25. The minimum Gasteiger partial charge on any atom is -0.451 e. The lowest BCUT2D eigenvalue weighted by Crippen LogP contribution is -2.37. The van der Waals surface area contributed by atoms with Gasteiger partial charge in [0.2, 0.25) is 5.78 Å². The summed E-state index contributed by atoms with van der Waals surface area (Å²) in [5.41, 5.74) is 0.203. The van der Waals surface area contributed by atoms with Gasteiger partial charge in [-0.2, -0.15) is 0 Å². The van der Waals surface area contributed by atoms with Crippen molar-refractivity contribution in [2.45, 2.75) is 26.4 Å². The molecule has 0 bridgehead atoms. The first-order valence-electron chi connectivity index (χ1n) is 5.76. The molecule has 18 heavy (non-hydrogen) atoms. The Morgan fingerprint density at radius 2 is 1.72 bits per heavy atom. The molecule has 0 radical (unpaired) electrons. The van der Waals surface area contributed by atoms with Gasteiger partial charge in [-0.05, 0) is 26.0 Å². The molecule has 0 aliphatic heterocycles. The van der Waals surface area contributed by atoms with E-state index in [2.05, 4.69) is 0 Å². The van der Waals surface area contributed by atoms with Crippen LogP contribution in [0.15, 0.2) is 24.3 Å². The quantitative estimate of drug-likeness (QED) is 0.606. The minimum absolute atomic E-state index is 0.206. The van der Waals surface area contributed by atoms with Gasteiger partial charge in [-0.3, -0.25) is 9.59 Å². The van der Waals surface area contributed by atoms with Gasteiger partial charge in [0, 0.05) is 32.3 Å². The summed E-state index contributed by atoms with van der Waals surface area (Å²) in [6, 6.07) is 7.26. The molecule has 0 amide bonds. The predicted molar refractivity (Wildman–Crippen MR) is 70.9 cm³/mol. The number of carbonyl (C=O) groups is 2. The van der Waals surface area contributed by atoms with Gasteiger partial charge in [0.1, 0.15) is 0 Å². The number of carbonyl (C=O) groups excluding carboxylic acids is 2. The maximum atomic E-state index is 12.4. The number of rotatable bonds is 4. The number of hydrogen-bond donors (Lipinski definition) is 0. The second kappa shape index (κ2) is 5.21. The molecule has 0 aliphatic rings. The number of nitrogens with zero attached hydrogens (tertiary/aromatic N) is 1. The van der Waals surface area contributed by atoms with Crippen LogP contribution in [0.2, 0.25) is 0 Å². The first-order chi connectivity index (χ1) is 8.25. The zero-order chi connectivity index (χ0) is 13.9. The number of esters is 1. The number of ketones is 1. The van der Waals surface area contributed by atoms with Crippen LogP contribution in [0.3, 0.4) is 0 Å². The Labute approximate surface area is 108 Å². The molecule has 98 valence electrons. The molecule has 4 nitrogen and oxygen atoms in total. The van der Waals surface area contributed by atoms with Crippen molar-refractivity contribution in [2.75, 3.05) is 19.0 Å². The minimum atomic E-state index is -1.15. The summed E-state index contributed by atoms with van der Waals surface area (Å²) in [6.45, 7) is 4.50. The van der Waals surface area contributed by atoms with Gasteiger partial charge in [0.05, 0.1) is 0 Å². The SMILES string of the molecule is CC(=O)OC(C)(C)C(=O)c1ccccc1N(C)C. The average molecular weight is 249 g/mol. The van der Waals surface area contributed by atoms with Crippen LogP contribution < -0.4 is 4.90 Å². The third-order valence-electron chi connectivity index (χ3n) is 2.58. The standard InChI is InChI=1S/C14H19NO3/c1-10(16)18-14(2,3)13(17)11-8-6-7-9-12(11)15(4)5/h6-9H,1-5H3. The maximum Gasteiger partial charge on any atom is 0.303 e. The zero-order valence-electron chi connectivity index (χ0n) is 11.5. The first-order valence-corrected chi connectivity index (χ1v) is 5.76. The summed E-state index contributed by atoms with van der Waals surface area (Å²) in [5.74, 6) is -0.669. The van der Waals surface area contributed by atoms with E-state index in [1.807, 2.05) is 31.1 Å². The molecule has 0 saturated heterocycles. The highest BCUT2D eigenvalue weighted by atomic mass is 16.6. The van der Waals surface area contributed by atoms with Gasteiger partial charge in [-0.15, -0.1) is 0 Å². The summed E-state index contributed by atoms with van der Waals surface area (Å²) in [7, 11) is 3.73. The molecular weight excluding hydrogens is 230 g/mol. The molecule has 1 aromatic carbocycles. The fraction of sp³-hybridized carbons (Fsp3) is 0.429. The third-order valence-corrected chi connectivity index (χ3v) is 2.58. The summed E-state index contributed by atoms with van der Waals surface area (Å²) >= 11 is 0. The van der Waals surface area contributed by atoms with Gasteiger partial charge in [0.15, 0.2) is 5.60 Å². The second-order valence-corrected chi connectivity index (χ2v) is 4.84. The van der Waals surface area contributed by atoms with Gasteiger partial charge in [-0.1, -0.05) is 12.1 Å². The number of anilines is 1. The van der Waals surface area contributed by atoms with Crippen molar-refractivity contribution in [2.24, 2.45) is 0 Å². The van der Waals surface area contributed by atoms with Gasteiger partial charge < -0.3 is 9.64 Å². The number of benzene rings is 1. The Morgan fingerprint density at radius 1 is 1.17 bits per heavy atom. The van der Waals surface area contributed by atoms with E-state index in [-0.39, 0.29) is 5.78 Å². The van der Waals surface area contributed by atoms with Crippen LogP contribution in [-0.4, -0.2) is 31.4 Å². The van der Waals surface area contributed by atoms with Crippen LogP contribution in [0.5, 0.6) is 0 Å². The van der Waals surface area contributed by atoms with Crippen molar-refractivity contribution in [1.82, 2.24) is 0 Å². The third kappa shape index (κ3) is 3.09. The largest absolute Gasteiger partial charge is 0.451 e. The van der Waals surface area contributed by atoms with E-state index >= 15 is 0 Å². The Morgan fingerprint density at radius 3 is 2.22 bits per heavy atom. The van der Waals surface area contributed by atoms with Crippen LogP contribution in [0.4, 0.5) is 5.69 Å². The number of Topliss-reactive ketones (excluding diaryl/α,β-unsaturated/α-hetero) is 1. The van der Waals surface area contributed by atoms with Gasteiger partial charge >= 0.3 is 5.97 Å². The molecule has 0 aliphatic carbocycles. The summed E-state index contributed by atoms with van der Waals surface area (Å²) in [5, 5.41) is 0. The molecule has 0 unspecified atom stereocenters. The van der Waals surface area contributed by atoms with E-state index in [9.17, 15) is 9.59 Å². The van der Waals surface area contributed by atoms with Crippen LogP contribution in [0.1, 0.15) is 31.1 Å². The number of para-hydroxylation sites is 1. The Kier molecular flexibility index (Phi) is 4.11. The molecule has 0 saturated carbocycles. The topological polar surface area (TPSA) is 46.6 Å². The van der Waals surface area contributed by atoms with Gasteiger partial charge in [0.25, 0.3) is 0 Å². The summed E-state index contributed by atoms with van der Waals surface area (Å²) in [6.07, 6.45) is 0. The van der Waals surface area contributed by atoms with Crippen LogP contribution >= 0.6 is 0 Å². The lowest BCUT2D eigenvalue weighted by atomic mass is 9.95. The van der Waals surface area contributed by atoms with E-state index in [1.165, 1.54) is 6.92 Å². The fourth-order valence-corrected chi connectivity index (χ4v) is 1.79. The monoisotopic (exact) mass is 249 g/mol. The average Bonchev–Trinajstić information content (AvgIpc) is 2.26. The lowest BCUT2D eigenvalue weighted by molar-refractivity contribution is -0.149. The van der Waals surface area contributed by atoms with Crippen LogP contribution in [0, 0.1) is 0 Å². The van der Waals surface area contributed by atoms with Crippen molar-refractivity contribution in [3.05, 3.63) is 29.8 Å². The summed E-state index contributed by atoms with van der Waals surface area (Å²) in [4.78, 5) is 25.3. The normalized spacial score (nSPS) is 10.9. The second-order valence-electron chi connectivity index (χ2n) is 4.84. The van der Waals surface area contributed by atoms with Crippen molar-refractivity contribution in [1.29, 1.82) is 0 Å². The van der Waals surface area contributed by atoms with Crippen molar-refractivity contribution >= 4 is 17.4 Å². The van der Waals surface area contributed by atoms with E-state index in [1.54, 1.807) is 26.0 Å². The molecule has 0 aromatic heterocycles. The molecule has 1 aromatic rings. The molecule has 4 heteroatoms. The van der Waals surface area contributed by atoms with Crippen LogP contribution in [-0.2, 0) is 9.53 Å². The van der Waals surface area contributed by atoms with E-state index in [0.717, 1.165) is 5.69 Å². The van der Waals surface area contributed by atoms with Gasteiger partial charge in [-0.25, -0.2) is 0 Å². The molecule has 0 atom stereocenters. The van der Waals surface area contributed by atoms with E-state index in [4.69, 9.17) is 4.74 Å². The van der Waals surface area contributed by atoms with E-state index in [0.29, 0.717) is 5.56 Å². The highest BCUT2D eigenvalue weighted by molar-refractivity contribution is 6.07. The van der Waals surface area contributed by atoms with Crippen molar-refractivity contribution in [3.8, 4) is 0 Å². The van der Waals surface area contributed by atoms with E-state index < -0.39 is 11.6 Å². The Bertz CT molecular complexity index is 464. The van der Waals surface area contributed by atoms with Crippen molar-refractivity contribution < 1.29 is 14.3 Å². The Hall–Kier alpha value is -1.84. The maximum absolute atomic E-state index is 12.4. The smallest absolute Gasteiger partial charge is 0.303 e. The van der Waals surface area contributed by atoms with Crippen LogP contribution in [0.25, 0.3) is 0 Å². The fourth-order valence-electron chi connectivity index (χ4n) is 1.79. The molecule has 0 N–H and O–H groups in total. The molecule has 0 heterocycles. The van der Waals surface area contributed by atoms with Crippen molar-refractivity contribution in [3.63, 3.8) is 0 Å². The number of ether oxygens (including phenoxy) is 1. The molecule has 1 rings (SSSR count). The molecule has 0 spiro atoms. The highest BCUT2D eigenvalue weighted by Crippen LogP contribution is 2.25. The highest BCUT2D eigenvalue weighted by Gasteiger charge is 2.33. The number of hydrogen-bond acceptors (Lipinski definition) is 4. The summed E-state index contributed by atoms with van der Waals surface area (Å²) < 4.78 is 5.08. The zero-order valence-corrected chi connectivity index (χ0v) is 11.5. The first kappa shape index (κ1) is 14.2. The molecule has 0 fully saturated rings. The predicted octanol–water partition coefficient (Wildman–Crippen LogP) is 2.28. The molecular formula is C14H19NO3. The Balaban J connectivity index is 3.14.